The van der Waals surface area contributed by atoms with Gasteiger partial charge in [-0.3, -0.25) is 9.69 Å². The minimum Gasteiger partial charge on any atom is -0.338 e. The molecule has 1 saturated heterocycles. The lowest BCUT2D eigenvalue weighted by Crippen LogP contribution is -2.52. The van der Waals surface area contributed by atoms with Gasteiger partial charge in [-0.15, -0.1) is 0 Å². The van der Waals surface area contributed by atoms with Crippen LogP contribution in [0.5, 0.6) is 0 Å². The van der Waals surface area contributed by atoms with E-state index in [0.717, 1.165) is 74.4 Å². The predicted molar refractivity (Wildman–Crippen MR) is 118 cm³/mol. The first-order valence-corrected chi connectivity index (χ1v) is 11.4. The SMILES string of the molecule is Cc1cccc(C(=O)N2CCc3cnc(N4CCN(C5CCC5)CC4)nc3CC2)c1. The van der Waals surface area contributed by atoms with Crippen molar-refractivity contribution in [1.82, 2.24) is 19.8 Å². The Balaban J connectivity index is 1.24. The van der Waals surface area contributed by atoms with Crippen molar-refractivity contribution in [2.45, 2.75) is 45.1 Å². The first-order chi connectivity index (χ1) is 14.7. The molecule has 2 fully saturated rings. The van der Waals surface area contributed by atoms with Crippen LogP contribution in [0.2, 0.25) is 0 Å². The molecular formula is C24H31N5O. The van der Waals surface area contributed by atoms with Crippen LogP contribution in [0.1, 0.15) is 46.4 Å². The van der Waals surface area contributed by atoms with E-state index in [2.05, 4.69) is 9.80 Å². The first-order valence-electron chi connectivity index (χ1n) is 11.4. The van der Waals surface area contributed by atoms with Gasteiger partial charge >= 0.3 is 0 Å². The van der Waals surface area contributed by atoms with Crippen LogP contribution in [0.25, 0.3) is 0 Å². The van der Waals surface area contributed by atoms with Crippen LogP contribution >= 0.6 is 0 Å². The van der Waals surface area contributed by atoms with E-state index in [0.29, 0.717) is 6.54 Å². The highest BCUT2D eigenvalue weighted by atomic mass is 16.2. The molecule has 6 nitrogen and oxygen atoms in total. The second kappa shape index (κ2) is 8.34. The minimum atomic E-state index is 0.117. The molecule has 1 aromatic heterocycles. The molecular weight excluding hydrogens is 374 g/mol. The summed E-state index contributed by atoms with van der Waals surface area (Å²) in [5.41, 5.74) is 4.19. The number of piperazine rings is 1. The van der Waals surface area contributed by atoms with Gasteiger partial charge in [-0.25, -0.2) is 9.97 Å². The molecule has 1 aromatic carbocycles. The van der Waals surface area contributed by atoms with Gasteiger partial charge < -0.3 is 9.80 Å². The second-order valence-corrected chi connectivity index (χ2v) is 8.91. The zero-order chi connectivity index (χ0) is 20.5. The molecule has 2 aliphatic heterocycles. The van der Waals surface area contributed by atoms with Crippen LogP contribution in [-0.4, -0.2) is 71.0 Å². The molecule has 0 bridgehead atoms. The van der Waals surface area contributed by atoms with Crippen LogP contribution in [-0.2, 0) is 12.8 Å². The van der Waals surface area contributed by atoms with Crippen molar-refractivity contribution in [3.63, 3.8) is 0 Å². The molecule has 3 aliphatic rings. The fourth-order valence-electron chi connectivity index (χ4n) is 4.82. The van der Waals surface area contributed by atoms with Crippen molar-refractivity contribution < 1.29 is 4.79 Å². The van der Waals surface area contributed by atoms with Crippen molar-refractivity contribution in [2.75, 3.05) is 44.2 Å². The number of benzene rings is 1. The van der Waals surface area contributed by atoms with E-state index in [-0.39, 0.29) is 5.91 Å². The van der Waals surface area contributed by atoms with Crippen molar-refractivity contribution in [3.8, 4) is 0 Å². The highest BCUT2D eigenvalue weighted by molar-refractivity contribution is 5.94. The van der Waals surface area contributed by atoms with Gasteiger partial charge in [0.25, 0.3) is 5.91 Å². The number of aryl methyl sites for hydroxylation is 1. The molecule has 1 amide bonds. The van der Waals surface area contributed by atoms with Gasteiger partial charge in [0.2, 0.25) is 5.95 Å². The minimum absolute atomic E-state index is 0.117. The lowest BCUT2D eigenvalue weighted by molar-refractivity contribution is 0.0763. The maximum Gasteiger partial charge on any atom is 0.253 e. The second-order valence-electron chi connectivity index (χ2n) is 8.91. The summed E-state index contributed by atoms with van der Waals surface area (Å²) in [5, 5.41) is 0. The largest absolute Gasteiger partial charge is 0.338 e. The highest BCUT2D eigenvalue weighted by Crippen LogP contribution is 2.26. The fraction of sp³-hybridized carbons (Fsp3) is 0.542. The number of carbonyl (C=O) groups excluding carboxylic acids is 1. The van der Waals surface area contributed by atoms with Gasteiger partial charge in [0, 0.05) is 63.5 Å². The summed E-state index contributed by atoms with van der Waals surface area (Å²) in [6.07, 6.45) is 7.74. The molecule has 3 heterocycles. The molecule has 6 heteroatoms. The van der Waals surface area contributed by atoms with Gasteiger partial charge in [0.1, 0.15) is 0 Å². The zero-order valence-electron chi connectivity index (χ0n) is 17.9. The summed E-state index contributed by atoms with van der Waals surface area (Å²) < 4.78 is 0. The van der Waals surface area contributed by atoms with Crippen molar-refractivity contribution >= 4 is 11.9 Å². The lowest BCUT2D eigenvalue weighted by Gasteiger charge is -2.43. The van der Waals surface area contributed by atoms with E-state index in [1.54, 1.807) is 0 Å². The number of anilines is 1. The summed E-state index contributed by atoms with van der Waals surface area (Å²) in [4.78, 5) is 29.5. The maximum absolute atomic E-state index is 13.0. The molecule has 0 spiro atoms. The molecule has 5 rings (SSSR count). The summed E-state index contributed by atoms with van der Waals surface area (Å²) in [5.74, 6) is 0.979. The summed E-state index contributed by atoms with van der Waals surface area (Å²) >= 11 is 0. The summed E-state index contributed by atoms with van der Waals surface area (Å²) in [6, 6.07) is 8.68. The van der Waals surface area contributed by atoms with Gasteiger partial charge in [0.15, 0.2) is 0 Å². The smallest absolute Gasteiger partial charge is 0.253 e. The molecule has 30 heavy (non-hydrogen) atoms. The first kappa shape index (κ1) is 19.5. The standard InChI is InChI=1S/C24H31N5O/c1-18-4-2-5-19(16-18)23(30)28-10-8-20-17-25-24(26-22(20)9-11-28)29-14-12-27(13-15-29)21-6-3-7-21/h2,4-5,16-17,21H,3,6-15H2,1H3. The Morgan fingerprint density at radius 3 is 2.57 bits per heavy atom. The van der Waals surface area contributed by atoms with Gasteiger partial charge in [-0.05, 0) is 43.9 Å². The van der Waals surface area contributed by atoms with Crippen LogP contribution in [0.3, 0.4) is 0 Å². The topological polar surface area (TPSA) is 52.6 Å². The molecule has 1 saturated carbocycles. The normalized spacial score (nSPS) is 20.4. The van der Waals surface area contributed by atoms with Crippen molar-refractivity contribution in [3.05, 3.63) is 52.8 Å². The lowest BCUT2D eigenvalue weighted by atomic mass is 9.91. The highest BCUT2D eigenvalue weighted by Gasteiger charge is 2.29. The number of nitrogens with zero attached hydrogens (tertiary/aromatic N) is 5. The van der Waals surface area contributed by atoms with Crippen molar-refractivity contribution in [2.24, 2.45) is 0 Å². The number of amides is 1. The van der Waals surface area contributed by atoms with Crippen LogP contribution in [0.4, 0.5) is 5.95 Å². The average molecular weight is 406 g/mol. The third-order valence-corrected chi connectivity index (χ3v) is 6.95. The number of rotatable bonds is 3. The van der Waals surface area contributed by atoms with E-state index >= 15 is 0 Å². The van der Waals surface area contributed by atoms with Crippen molar-refractivity contribution in [1.29, 1.82) is 0 Å². The fourth-order valence-corrected chi connectivity index (χ4v) is 4.82. The van der Waals surface area contributed by atoms with E-state index in [4.69, 9.17) is 9.97 Å². The molecule has 1 aliphatic carbocycles. The summed E-state index contributed by atoms with van der Waals surface area (Å²) in [6.45, 7) is 7.71. The molecule has 158 valence electrons. The Hall–Kier alpha value is -2.47. The molecule has 0 unspecified atom stereocenters. The Morgan fingerprint density at radius 2 is 1.83 bits per heavy atom. The number of hydrogen-bond donors (Lipinski definition) is 0. The van der Waals surface area contributed by atoms with Crippen LogP contribution in [0, 0.1) is 6.92 Å². The summed E-state index contributed by atoms with van der Waals surface area (Å²) in [7, 11) is 0. The molecule has 2 aromatic rings. The van der Waals surface area contributed by atoms with Crippen LogP contribution in [0.15, 0.2) is 30.5 Å². The Bertz CT molecular complexity index is 918. The number of fused-ring (bicyclic) bond motifs is 1. The Kier molecular flexibility index (Phi) is 5.42. The predicted octanol–water partition coefficient (Wildman–Crippen LogP) is 2.70. The van der Waals surface area contributed by atoms with E-state index < -0.39 is 0 Å². The van der Waals surface area contributed by atoms with Crippen LogP contribution < -0.4 is 4.90 Å². The monoisotopic (exact) mass is 405 g/mol. The zero-order valence-corrected chi connectivity index (χ0v) is 17.9. The Morgan fingerprint density at radius 1 is 1.03 bits per heavy atom. The number of hydrogen-bond acceptors (Lipinski definition) is 5. The number of carbonyl (C=O) groups is 1. The third kappa shape index (κ3) is 3.93. The molecule has 0 N–H and O–H groups in total. The van der Waals surface area contributed by atoms with E-state index in [1.807, 2.05) is 42.3 Å². The van der Waals surface area contributed by atoms with Gasteiger partial charge in [-0.2, -0.15) is 0 Å². The van der Waals surface area contributed by atoms with Gasteiger partial charge in [0.05, 0.1) is 5.69 Å². The van der Waals surface area contributed by atoms with Gasteiger partial charge in [-0.1, -0.05) is 24.1 Å². The quantitative estimate of drug-likeness (QED) is 0.786. The maximum atomic E-state index is 13.0. The molecule has 0 radical (unpaired) electrons. The van der Waals surface area contributed by atoms with E-state index in [1.165, 1.54) is 24.8 Å². The third-order valence-electron chi connectivity index (χ3n) is 6.95. The molecule has 0 atom stereocenters. The Labute approximate surface area is 178 Å². The number of aromatic nitrogens is 2. The average Bonchev–Trinajstić information content (AvgIpc) is 2.95. The van der Waals surface area contributed by atoms with E-state index in [9.17, 15) is 4.79 Å².